The second-order valence-electron chi connectivity index (χ2n) is 2.96. The van der Waals surface area contributed by atoms with E-state index >= 15 is 0 Å². The summed E-state index contributed by atoms with van der Waals surface area (Å²) in [6.45, 7) is -0.103. The molecule has 1 nitrogen and oxygen atoms in total. The summed E-state index contributed by atoms with van der Waals surface area (Å²) >= 11 is 0. The lowest BCUT2D eigenvalue weighted by Gasteiger charge is -2.37. The van der Waals surface area contributed by atoms with Crippen molar-refractivity contribution in [2.45, 2.75) is 24.8 Å². The minimum absolute atomic E-state index is 0. The molecule has 4 heteroatoms. The van der Waals surface area contributed by atoms with Crippen molar-refractivity contribution in [3.63, 3.8) is 0 Å². The van der Waals surface area contributed by atoms with E-state index in [1.54, 1.807) is 0 Å². The highest BCUT2D eigenvalue weighted by Gasteiger charge is 2.54. The van der Waals surface area contributed by atoms with Gasteiger partial charge in [-0.3, -0.25) is 0 Å². The molecule has 1 unspecified atom stereocenters. The Morgan fingerprint density at radius 3 is 2.00 bits per heavy atom. The number of halogens is 3. The average Bonchev–Trinajstić information content (AvgIpc) is 2.48. The van der Waals surface area contributed by atoms with Crippen molar-refractivity contribution in [1.29, 1.82) is 0 Å². The molecule has 0 spiro atoms. The third kappa shape index (κ3) is 1.12. The highest BCUT2D eigenvalue weighted by molar-refractivity contribution is 5.85. The van der Waals surface area contributed by atoms with E-state index in [-0.39, 0.29) is 24.9 Å². The Balaban J connectivity index is 0.000000500. The molecule has 1 atom stereocenters. The summed E-state index contributed by atoms with van der Waals surface area (Å²) in [5, 5.41) is 2.75. The van der Waals surface area contributed by atoms with Crippen LogP contribution in [0, 0.1) is 5.92 Å². The molecule has 60 valence electrons. The third-order valence-corrected chi connectivity index (χ3v) is 2.11. The predicted molar refractivity (Wildman–Crippen MR) is 36.7 cm³/mol. The van der Waals surface area contributed by atoms with Gasteiger partial charge in [0.1, 0.15) is 0 Å². The fourth-order valence-corrected chi connectivity index (χ4v) is 1.32. The maximum absolute atomic E-state index is 12.4. The van der Waals surface area contributed by atoms with Gasteiger partial charge in [0.15, 0.2) is 0 Å². The average molecular weight is 170 g/mol. The van der Waals surface area contributed by atoms with Gasteiger partial charge in [-0.2, -0.15) is 0 Å². The lowest BCUT2D eigenvalue weighted by molar-refractivity contribution is -0.102. The second kappa shape index (κ2) is 2.31. The zero-order valence-corrected chi connectivity index (χ0v) is 6.26. The van der Waals surface area contributed by atoms with E-state index in [1.807, 2.05) is 0 Å². The quantitative estimate of drug-likeness (QED) is 0.626. The number of rotatable bonds is 1. The van der Waals surface area contributed by atoms with Crippen LogP contribution in [0.4, 0.5) is 8.78 Å². The Morgan fingerprint density at radius 2 is 1.90 bits per heavy atom. The summed E-state index contributed by atoms with van der Waals surface area (Å²) in [6.07, 6.45) is 1.99. The molecule has 0 aromatic heterocycles. The van der Waals surface area contributed by atoms with Gasteiger partial charge in [0.25, 0.3) is 5.92 Å². The third-order valence-electron chi connectivity index (χ3n) is 2.11. The smallest absolute Gasteiger partial charge is 0.275 e. The van der Waals surface area contributed by atoms with Gasteiger partial charge >= 0.3 is 0 Å². The van der Waals surface area contributed by atoms with Crippen molar-refractivity contribution >= 4 is 12.4 Å². The van der Waals surface area contributed by atoms with Crippen LogP contribution in [0.3, 0.4) is 0 Å². The second-order valence-corrected chi connectivity index (χ2v) is 2.96. The standard InChI is InChI=1S/C6H9F2N.ClH/c7-6(8)3-9-5(6)4-1-2-4;/h4-5,9H,1-3H2;1H. The first-order valence-electron chi connectivity index (χ1n) is 3.31. The normalized spacial score (nSPS) is 36.0. The molecular weight excluding hydrogens is 160 g/mol. The Morgan fingerprint density at radius 1 is 1.30 bits per heavy atom. The number of nitrogens with one attached hydrogen (secondary N) is 1. The van der Waals surface area contributed by atoms with Gasteiger partial charge < -0.3 is 5.32 Å². The molecule has 0 bridgehead atoms. The van der Waals surface area contributed by atoms with Gasteiger partial charge in [0.2, 0.25) is 0 Å². The van der Waals surface area contributed by atoms with Gasteiger partial charge in [0, 0.05) is 0 Å². The van der Waals surface area contributed by atoms with Crippen LogP contribution in [-0.2, 0) is 0 Å². The summed E-state index contributed by atoms with van der Waals surface area (Å²) in [5.74, 6) is -2.10. The van der Waals surface area contributed by atoms with E-state index in [0.29, 0.717) is 0 Å². The first kappa shape index (κ1) is 8.21. The van der Waals surface area contributed by atoms with Crippen molar-refractivity contribution in [2.75, 3.05) is 6.54 Å². The number of alkyl halides is 2. The van der Waals surface area contributed by atoms with Crippen molar-refractivity contribution in [3.8, 4) is 0 Å². The van der Waals surface area contributed by atoms with Crippen LogP contribution in [0.1, 0.15) is 12.8 Å². The summed E-state index contributed by atoms with van der Waals surface area (Å²) < 4.78 is 24.9. The Kier molecular flexibility index (Phi) is 1.90. The highest BCUT2D eigenvalue weighted by Crippen LogP contribution is 2.42. The van der Waals surface area contributed by atoms with Crippen LogP contribution in [-0.4, -0.2) is 18.5 Å². The summed E-state index contributed by atoms with van der Waals surface area (Å²) in [4.78, 5) is 0. The Bertz CT molecular complexity index is 136. The molecule has 0 aromatic rings. The van der Waals surface area contributed by atoms with Crippen molar-refractivity contribution in [1.82, 2.24) is 5.32 Å². The molecule has 2 rings (SSSR count). The zero-order chi connectivity index (χ0) is 6.48. The van der Waals surface area contributed by atoms with E-state index in [0.717, 1.165) is 12.8 Å². The number of hydrogen-bond donors (Lipinski definition) is 1. The van der Waals surface area contributed by atoms with E-state index in [2.05, 4.69) is 5.32 Å². The molecule has 1 heterocycles. The fraction of sp³-hybridized carbons (Fsp3) is 1.00. The minimum atomic E-state index is -2.39. The van der Waals surface area contributed by atoms with Crippen LogP contribution in [0.5, 0.6) is 0 Å². The van der Waals surface area contributed by atoms with E-state index in [9.17, 15) is 8.78 Å². The monoisotopic (exact) mass is 169 g/mol. The first-order chi connectivity index (χ1) is 4.20. The lowest BCUT2D eigenvalue weighted by atomic mass is 9.97. The van der Waals surface area contributed by atoms with E-state index in [1.165, 1.54) is 0 Å². The van der Waals surface area contributed by atoms with Crippen LogP contribution >= 0.6 is 12.4 Å². The SMILES string of the molecule is Cl.FC1(F)CNC1C1CC1. The molecule has 0 amide bonds. The molecule has 1 aliphatic heterocycles. The van der Waals surface area contributed by atoms with Gasteiger partial charge in [-0.1, -0.05) is 0 Å². The number of hydrogen-bond acceptors (Lipinski definition) is 1. The molecule has 1 saturated heterocycles. The summed E-state index contributed by atoms with van der Waals surface area (Å²) in [5.41, 5.74) is 0. The Labute approximate surface area is 64.6 Å². The minimum Gasteiger partial charge on any atom is -0.303 e. The van der Waals surface area contributed by atoms with E-state index in [4.69, 9.17) is 0 Å². The van der Waals surface area contributed by atoms with Crippen molar-refractivity contribution in [2.24, 2.45) is 5.92 Å². The molecule has 10 heavy (non-hydrogen) atoms. The van der Waals surface area contributed by atoms with Crippen LogP contribution in [0.2, 0.25) is 0 Å². The molecule has 1 saturated carbocycles. The van der Waals surface area contributed by atoms with Crippen LogP contribution in [0.25, 0.3) is 0 Å². The van der Waals surface area contributed by atoms with Gasteiger partial charge in [-0.05, 0) is 18.8 Å². The summed E-state index contributed by atoms with van der Waals surface area (Å²) in [6, 6.07) is -0.475. The van der Waals surface area contributed by atoms with Crippen molar-refractivity contribution in [3.05, 3.63) is 0 Å². The molecule has 2 fully saturated rings. The molecule has 0 aromatic carbocycles. The van der Waals surface area contributed by atoms with Gasteiger partial charge in [-0.15, -0.1) is 12.4 Å². The maximum atomic E-state index is 12.4. The molecular formula is C6H10ClF2N. The van der Waals surface area contributed by atoms with E-state index < -0.39 is 12.0 Å². The molecule has 1 N–H and O–H groups in total. The first-order valence-corrected chi connectivity index (χ1v) is 3.31. The summed E-state index contributed by atoms with van der Waals surface area (Å²) in [7, 11) is 0. The maximum Gasteiger partial charge on any atom is 0.275 e. The fourth-order valence-electron chi connectivity index (χ4n) is 1.32. The van der Waals surface area contributed by atoms with Gasteiger partial charge in [-0.25, -0.2) is 8.78 Å². The highest BCUT2D eigenvalue weighted by atomic mass is 35.5. The molecule has 1 aliphatic carbocycles. The zero-order valence-electron chi connectivity index (χ0n) is 5.44. The molecule has 2 aliphatic rings. The van der Waals surface area contributed by atoms with Gasteiger partial charge in [0.05, 0.1) is 12.6 Å². The Hall–Kier alpha value is 0.110. The predicted octanol–water partition coefficient (Wildman–Crippen LogP) is 1.43. The largest absolute Gasteiger partial charge is 0.303 e. The lowest BCUT2D eigenvalue weighted by Crippen LogP contribution is -2.63. The topological polar surface area (TPSA) is 12.0 Å². The van der Waals surface area contributed by atoms with Crippen LogP contribution < -0.4 is 5.32 Å². The van der Waals surface area contributed by atoms with Crippen LogP contribution in [0.15, 0.2) is 0 Å². The van der Waals surface area contributed by atoms with Crippen molar-refractivity contribution < 1.29 is 8.78 Å². The molecule has 0 radical (unpaired) electrons.